The molecule has 0 spiro atoms. The first-order chi connectivity index (χ1) is 7.22. The van der Waals surface area contributed by atoms with Gasteiger partial charge < -0.3 is 4.74 Å². The maximum atomic E-state index is 11.2. The predicted octanol–water partition coefficient (Wildman–Crippen LogP) is 2.83. The lowest BCUT2D eigenvalue weighted by Gasteiger charge is -2.10. The van der Waals surface area contributed by atoms with Crippen LogP contribution in [0.4, 0.5) is 0 Å². The van der Waals surface area contributed by atoms with Crippen LogP contribution in [0.5, 0.6) is 0 Å². The van der Waals surface area contributed by atoms with Crippen molar-refractivity contribution in [3.8, 4) is 0 Å². The van der Waals surface area contributed by atoms with Crippen LogP contribution in [-0.2, 0) is 4.74 Å². The highest BCUT2D eigenvalue weighted by atomic mass is 32.1. The average molecular weight is 225 g/mol. The van der Waals surface area contributed by atoms with E-state index in [1.54, 1.807) is 16.7 Å². The van der Waals surface area contributed by atoms with Gasteiger partial charge in [-0.25, -0.2) is 9.78 Å². The molecule has 2 unspecified atom stereocenters. The van der Waals surface area contributed by atoms with Gasteiger partial charge >= 0.3 is 5.97 Å². The molecule has 1 fully saturated rings. The average Bonchev–Trinajstić information content (AvgIpc) is 2.84. The number of methoxy groups -OCH3 is 1. The van der Waals surface area contributed by atoms with Crippen molar-refractivity contribution in [2.24, 2.45) is 5.92 Å². The normalized spacial score (nSPS) is 25.5. The van der Waals surface area contributed by atoms with E-state index in [9.17, 15) is 4.79 Å². The molecule has 1 aliphatic rings. The molecule has 15 heavy (non-hydrogen) atoms. The van der Waals surface area contributed by atoms with Crippen LogP contribution >= 0.6 is 11.3 Å². The van der Waals surface area contributed by atoms with Crippen molar-refractivity contribution < 1.29 is 9.53 Å². The number of hydrogen-bond donors (Lipinski definition) is 0. The van der Waals surface area contributed by atoms with Gasteiger partial charge in [0.05, 0.1) is 12.1 Å². The Kier molecular flexibility index (Phi) is 3.05. The summed E-state index contributed by atoms with van der Waals surface area (Å²) in [5, 5.41) is 2.90. The molecule has 0 bridgehead atoms. The van der Waals surface area contributed by atoms with Crippen molar-refractivity contribution >= 4 is 17.3 Å². The van der Waals surface area contributed by atoms with Crippen molar-refractivity contribution in [2.75, 3.05) is 7.11 Å². The molecule has 1 aliphatic carbocycles. The third-order valence-corrected chi connectivity index (χ3v) is 4.07. The Morgan fingerprint density at radius 3 is 3.00 bits per heavy atom. The molecule has 82 valence electrons. The Morgan fingerprint density at radius 1 is 1.60 bits per heavy atom. The van der Waals surface area contributed by atoms with E-state index >= 15 is 0 Å². The van der Waals surface area contributed by atoms with Crippen LogP contribution in [0.3, 0.4) is 0 Å². The number of ether oxygens (including phenoxy) is 1. The third-order valence-electron chi connectivity index (χ3n) is 3.10. The summed E-state index contributed by atoms with van der Waals surface area (Å²) in [6.07, 6.45) is 3.76. The molecule has 1 saturated carbocycles. The number of carbonyl (C=O) groups excluding carboxylic acids is 1. The van der Waals surface area contributed by atoms with Gasteiger partial charge in [-0.05, 0) is 12.3 Å². The van der Waals surface area contributed by atoms with Crippen LogP contribution in [0.1, 0.15) is 47.6 Å². The lowest BCUT2D eigenvalue weighted by Crippen LogP contribution is -2.05. The number of carbonyl (C=O) groups is 1. The fourth-order valence-corrected chi connectivity index (χ4v) is 3.23. The third kappa shape index (κ3) is 2.04. The molecule has 0 radical (unpaired) electrons. The summed E-state index contributed by atoms with van der Waals surface area (Å²) in [5.74, 6) is 0.915. The first kappa shape index (κ1) is 10.6. The number of rotatable bonds is 2. The predicted molar refractivity (Wildman–Crippen MR) is 59.2 cm³/mol. The second-order valence-electron chi connectivity index (χ2n) is 4.08. The molecule has 0 N–H and O–H groups in total. The summed E-state index contributed by atoms with van der Waals surface area (Å²) in [6.45, 7) is 2.26. The Labute approximate surface area is 93.5 Å². The number of thiazole rings is 1. The van der Waals surface area contributed by atoms with Gasteiger partial charge in [0.25, 0.3) is 0 Å². The lowest BCUT2D eigenvalue weighted by molar-refractivity contribution is 0.0594. The largest absolute Gasteiger partial charge is 0.464 e. The van der Waals surface area contributed by atoms with Gasteiger partial charge in [-0.15, -0.1) is 11.3 Å². The van der Waals surface area contributed by atoms with Crippen LogP contribution in [0, 0.1) is 5.92 Å². The standard InChI is InChI=1S/C11H15NO2S/c1-7-4-3-5-8(7)10-12-9(6-15-10)11(13)14-2/h6-8H,3-5H2,1-2H3. The maximum Gasteiger partial charge on any atom is 0.357 e. The van der Waals surface area contributed by atoms with E-state index < -0.39 is 0 Å². The zero-order chi connectivity index (χ0) is 10.8. The molecule has 0 aliphatic heterocycles. The smallest absolute Gasteiger partial charge is 0.357 e. The van der Waals surface area contributed by atoms with Crippen molar-refractivity contribution in [2.45, 2.75) is 32.1 Å². The number of nitrogens with zero attached hydrogens (tertiary/aromatic N) is 1. The van der Waals surface area contributed by atoms with E-state index in [4.69, 9.17) is 0 Å². The molecular weight excluding hydrogens is 210 g/mol. The van der Waals surface area contributed by atoms with Gasteiger partial charge in [0.1, 0.15) is 0 Å². The van der Waals surface area contributed by atoms with Crippen LogP contribution in [0.2, 0.25) is 0 Å². The molecule has 0 saturated heterocycles. The summed E-state index contributed by atoms with van der Waals surface area (Å²) >= 11 is 1.58. The van der Waals surface area contributed by atoms with E-state index in [1.165, 1.54) is 26.4 Å². The second kappa shape index (κ2) is 4.31. The van der Waals surface area contributed by atoms with E-state index in [0.717, 1.165) is 5.01 Å². The fourth-order valence-electron chi connectivity index (χ4n) is 2.17. The minimum atomic E-state index is -0.330. The van der Waals surface area contributed by atoms with Gasteiger partial charge in [0.2, 0.25) is 0 Å². The van der Waals surface area contributed by atoms with Crippen LogP contribution in [-0.4, -0.2) is 18.1 Å². The van der Waals surface area contributed by atoms with E-state index in [0.29, 0.717) is 17.5 Å². The fraction of sp³-hybridized carbons (Fsp3) is 0.636. The Balaban J connectivity index is 2.16. The molecule has 1 aromatic heterocycles. The topological polar surface area (TPSA) is 39.2 Å². The van der Waals surface area contributed by atoms with Crippen molar-refractivity contribution in [3.05, 3.63) is 16.1 Å². The molecule has 1 heterocycles. The SMILES string of the molecule is COC(=O)c1csc(C2CCCC2C)n1. The van der Waals surface area contributed by atoms with Crippen molar-refractivity contribution in [3.63, 3.8) is 0 Å². The molecular formula is C11H15NO2S. The van der Waals surface area contributed by atoms with Gasteiger partial charge in [-0.3, -0.25) is 0 Å². The summed E-state index contributed by atoms with van der Waals surface area (Å²) in [6, 6.07) is 0. The zero-order valence-corrected chi connectivity index (χ0v) is 9.84. The highest BCUT2D eigenvalue weighted by Crippen LogP contribution is 2.40. The monoisotopic (exact) mass is 225 g/mol. The molecule has 4 heteroatoms. The van der Waals surface area contributed by atoms with Gasteiger partial charge in [0, 0.05) is 11.3 Å². The van der Waals surface area contributed by atoms with E-state index in [2.05, 4.69) is 16.6 Å². The maximum absolute atomic E-state index is 11.2. The number of aromatic nitrogens is 1. The van der Waals surface area contributed by atoms with Gasteiger partial charge in [-0.1, -0.05) is 19.8 Å². The van der Waals surface area contributed by atoms with Gasteiger partial charge in [0.15, 0.2) is 5.69 Å². The quantitative estimate of drug-likeness (QED) is 0.726. The highest BCUT2D eigenvalue weighted by molar-refractivity contribution is 7.09. The number of hydrogen-bond acceptors (Lipinski definition) is 4. The molecule has 3 nitrogen and oxygen atoms in total. The Hall–Kier alpha value is -0.900. The molecule has 2 atom stereocenters. The first-order valence-corrected chi connectivity index (χ1v) is 6.14. The van der Waals surface area contributed by atoms with Crippen LogP contribution < -0.4 is 0 Å². The highest BCUT2D eigenvalue weighted by Gasteiger charge is 2.28. The Morgan fingerprint density at radius 2 is 2.40 bits per heavy atom. The van der Waals surface area contributed by atoms with Crippen LogP contribution in [0.25, 0.3) is 0 Å². The van der Waals surface area contributed by atoms with Gasteiger partial charge in [-0.2, -0.15) is 0 Å². The summed E-state index contributed by atoms with van der Waals surface area (Å²) < 4.78 is 4.64. The lowest BCUT2D eigenvalue weighted by atomic mass is 9.99. The van der Waals surface area contributed by atoms with E-state index in [1.807, 2.05) is 0 Å². The minimum absolute atomic E-state index is 0.330. The summed E-state index contributed by atoms with van der Waals surface area (Å²) in [7, 11) is 1.39. The second-order valence-corrected chi connectivity index (χ2v) is 4.97. The van der Waals surface area contributed by atoms with Crippen LogP contribution in [0.15, 0.2) is 5.38 Å². The van der Waals surface area contributed by atoms with Crippen molar-refractivity contribution in [1.82, 2.24) is 4.98 Å². The molecule has 2 rings (SSSR count). The first-order valence-electron chi connectivity index (χ1n) is 5.26. The molecule has 0 aromatic carbocycles. The summed E-state index contributed by atoms with van der Waals surface area (Å²) in [4.78, 5) is 15.6. The summed E-state index contributed by atoms with van der Waals surface area (Å²) in [5.41, 5.74) is 0.455. The van der Waals surface area contributed by atoms with E-state index in [-0.39, 0.29) is 5.97 Å². The molecule has 1 aromatic rings. The molecule has 0 amide bonds. The minimum Gasteiger partial charge on any atom is -0.464 e. The Bertz CT molecular complexity index is 361. The van der Waals surface area contributed by atoms with Crippen molar-refractivity contribution in [1.29, 1.82) is 0 Å². The zero-order valence-electron chi connectivity index (χ0n) is 9.03. The number of esters is 1.